The Labute approximate surface area is 124 Å². The SMILES string of the molecule is CCOCCO[C@@H]1C=C[C@H](OC(C)=O)[C@@H](COC(C)=O)O1. The van der Waals surface area contributed by atoms with Crippen LogP contribution in [0.4, 0.5) is 0 Å². The van der Waals surface area contributed by atoms with E-state index in [1.807, 2.05) is 6.92 Å². The second kappa shape index (κ2) is 9.49. The van der Waals surface area contributed by atoms with Gasteiger partial charge in [0.15, 0.2) is 6.29 Å². The summed E-state index contributed by atoms with van der Waals surface area (Å²) in [6.45, 7) is 5.96. The quantitative estimate of drug-likeness (QED) is 0.373. The molecule has 0 fully saturated rings. The first-order valence-electron chi connectivity index (χ1n) is 6.86. The monoisotopic (exact) mass is 302 g/mol. The molecule has 0 saturated carbocycles. The Morgan fingerprint density at radius 2 is 1.90 bits per heavy atom. The fourth-order valence-electron chi connectivity index (χ4n) is 1.72. The van der Waals surface area contributed by atoms with Crippen molar-refractivity contribution in [2.45, 2.75) is 39.3 Å². The molecule has 0 aromatic heterocycles. The molecule has 0 radical (unpaired) electrons. The molecule has 0 amide bonds. The van der Waals surface area contributed by atoms with Gasteiger partial charge in [-0.1, -0.05) is 0 Å². The molecular formula is C14H22O7. The van der Waals surface area contributed by atoms with Gasteiger partial charge in [-0.05, 0) is 19.1 Å². The summed E-state index contributed by atoms with van der Waals surface area (Å²) in [6.07, 6.45) is 1.54. The summed E-state index contributed by atoms with van der Waals surface area (Å²) in [5.41, 5.74) is 0. The highest BCUT2D eigenvalue weighted by Crippen LogP contribution is 2.17. The zero-order chi connectivity index (χ0) is 15.7. The van der Waals surface area contributed by atoms with E-state index in [4.69, 9.17) is 23.7 Å². The predicted octanol–water partition coefficient (Wildman–Crippen LogP) is 0.815. The van der Waals surface area contributed by atoms with Crippen LogP contribution in [-0.4, -0.2) is 56.9 Å². The highest BCUT2D eigenvalue weighted by Gasteiger charge is 2.30. The Morgan fingerprint density at radius 1 is 1.14 bits per heavy atom. The lowest BCUT2D eigenvalue weighted by atomic mass is 10.1. The second-order valence-corrected chi connectivity index (χ2v) is 4.37. The average Bonchev–Trinajstić information content (AvgIpc) is 2.42. The van der Waals surface area contributed by atoms with Crippen LogP contribution in [0.1, 0.15) is 20.8 Å². The molecule has 0 unspecified atom stereocenters. The average molecular weight is 302 g/mol. The molecule has 3 atom stereocenters. The van der Waals surface area contributed by atoms with Crippen molar-refractivity contribution in [2.75, 3.05) is 26.4 Å². The lowest BCUT2D eigenvalue weighted by Gasteiger charge is -2.31. The summed E-state index contributed by atoms with van der Waals surface area (Å²) < 4.78 is 26.3. The maximum Gasteiger partial charge on any atom is 0.303 e. The minimum absolute atomic E-state index is 0.0110. The van der Waals surface area contributed by atoms with Gasteiger partial charge in [0.25, 0.3) is 0 Å². The minimum Gasteiger partial charge on any atom is -0.463 e. The van der Waals surface area contributed by atoms with Gasteiger partial charge >= 0.3 is 11.9 Å². The Morgan fingerprint density at radius 3 is 2.52 bits per heavy atom. The van der Waals surface area contributed by atoms with Gasteiger partial charge in [0, 0.05) is 20.5 Å². The summed E-state index contributed by atoms with van der Waals surface area (Å²) in [5, 5.41) is 0. The standard InChI is InChI=1S/C14H22O7/c1-4-17-7-8-18-14-6-5-12(20-11(3)16)13(21-14)9-19-10(2)15/h5-6,12-14H,4,7-9H2,1-3H3/t12-,13+,14-/m0/s1. The van der Waals surface area contributed by atoms with Crippen LogP contribution in [0.5, 0.6) is 0 Å². The van der Waals surface area contributed by atoms with E-state index in [0.717, 1.165) is 0 Å². The summed E-state index contributed by atoms with van der Waals surface area (Å²) in [6, 6.07) is 0. The maximum atomic E-state index is 11.1. The van der Waals surface area contributed by atoms with E-state index in [0.29, 0.717) is 19.8 Å². The summed E-state index contributed by atoms with van der Waals surface area (Å²) in [4.78, 5) is 21.9. The second-order valence-electron chi connectivity index (χ2n) is 4.37. The third-order valence-electron chi connectivity index (χ3n) is 2.60. The Balaban J connectivity index is 2.51. The molecule has 1 rings (SSSR count). The Kier molecular flexibility index (Phi) is 7.96. The molecule has 1 aliphatic heterocycles. The fraction of sp³-hybridized carbons (Fsp3) is 0.714. The normalized spacial score (nSPS) is 24.6. The van der Waals surface area contributed by atoms with E-state index in [1.165, 1.54) is 13.8 Å². The molecule has 0 saturated heterocycles. The van der Waals surface area contributed by atoms with Crippen molar-refractivity contribution >= 4 is 11.9 Å². The number of hydrogen-bond acceptors (Lipinski definition) is 7. The first-order chi connectivity index (χ1) is 10.0. The van der Waals surface area contributed by atoms with Crippen LogP contribution in [0.2, 0.25) is 0 Å². The van der Waals surface area contributed by atoms with E-state index in [2.05, 4.69) is 0 Å². The number of hydrogen-bond donors (Lipinski definition) is 0. The van der Waals surface area contributed by atoms with Crippen molar-refractivity contribution in [2.24, 2.45) is 0 Å². The maximum absolute atomic E-state index is 11.1. The predicted molar refractivity (Wildman–Crippen MR) is 72.4 cm³/mol. The lowest BCUT2D eigenvalue weighted by molar-refractivity contribution is -0.199. The van der Waals surface area contributed by atoms with Crippen molar-refractivity contribution in [1.29, 1.82) is 0 Å². The zero-order valence-electron chi connectivity index (χ0n) is 12.6. The molecule has 120 valence electrons. The van der Waals surface area contributed by atoms with E-state index in [1.54, 1.807) is 12.2 Å². The van der Waals surface area contributed by atoms with Crippen LogP contribution >= 0.6 is 0 Å². The molecule has 0 N–H and O–H groups in total. The van der Waals surface area contributed by atoms with Gasteiger partial charge < -0.3 is 23.7 Å². The molecule has 1 heterocycles. The van der Waals surface area contributed by atoms with Crippen molar-refractivity contribution < 1.29 is 33.3 Å². The number of carbonyl (C=O) groups is 2. The first-order valence-corrected chi connectivity index (χ1v) is 6.86. The molecule has 0 bridgehead atoms. The van der Waals surface area contributed by atoms with Crippen LogP contribution in [0.15, 0.2) is 12.2 Å². The molecule has 0 spiro atoms. The third-order valence-corrected chi connectivity index (χ3v) is 2.60. The van der Waals surface area contributed by atoms with Crippen LogP contribution in [-0.2, 0) is 33.3 Å². The lowest BCUT2D eigenvalue weighted by Crippen LogP contribution is -2.42. The topological polar surface area (TPSA) is 80.3 Å². The van der Waals surface area contributed by atoms with Gasteiger partial charge in [0.05, 0.1) is 13.2 Å². The Hall–Kier alpha value is -1.44. The van der Waals surface area contributed by atoms with E-state index >= 15 is 0 Å². The highest BCUT2D eigenvalue weighted by atomic mass is 16.7. The van der Waals surface area contributed by atoms with Crippen LogP contribution in [0, 0.1) is 0 Å². The Bertz CT molecular complexity index is 366. The number of rotatable bonds is 8. The number of esters is 2. The molecule has 7 nitrogen and oxygen atoms in total. The smallest absolute Gasteiger partial charge is 0.303 e. The third kappa shape index (κ3) is 7.22. The largest absolute Gasteiger partial charge is 0.463 e. The molecule has 1 aliphatic rings. The molecular weight excluding hydrogens is 280 g/mol. The van der Waals surface area contributed by atoms with E-state index < -0.39 is 30.4 Å². The van der Waals surface area contributed by atoms with Gasteiger partial charge in [-0.3, -0.25) is 9.59 Å². The highest BCUT2D eigenvalue weighted by molar-refractivity contribution is 5.66. The van der Waals surface area contributed by atoms with Crippen LogP contribution < -0.4 is 0 Å². The van der Waals surface area contributed by atoms with Gasteiger partial charge in [-0.2, -0.15) is 0 Å². The van der Waals surface area contributed by atoms with E-state index in [-0.39, 0.29) is 6.61 Å². The number of ether oxygens (including phenoxy) is 5. The number of carbonyl (C=O) groups excluding carboxylic acids is 2. The molecule has 0 aromatic carbocycles. The molecule has 7 heteroatoms. The zero-order valence-corrected chi connectivity index (χ0v) is 12.6. The molecule has 0 aromatic rings. The summed E-state index contributed by atoms with van der Waals surface area (Å²) >= 11 is 0. The van der Waals surface area contributed by atoms with Gasteiger partial charge in [0.1, 0.15) is 18.8 Å². The van der Waals surface area contributed by atoms with Gasteiger partial charge in [-0.25, -0.2) is 0 Å². The van der Waals surface area contributed by atoms with Crippen molar-refractivity contribution in [3.8, 4) is 0 Å². The first kappa shape index (κ1) is 17.6. The van der Waals surface area contributed by atoms with Crippen molar-refractivity contribution in [1.82, 2.24) is 0 Å². The summed E-state index contributed by atoms with van der Waals surface area (Å²) in [7, 11) is 0. The van der Waals surface area contributed by atoms with Gasteiger partial charge in [0.2, 0.25) is 0 Å². The van der Waals surface area contributed by atoms with Crippen LogP contribution in [0.3, 0.4) is 0 Å². The summed E-state index contributed by atoms with van der Waals surface area (Å²) in [5.74, 6) is -0.861. The molecule has 0 aliphatic carbocycles. The van der Waals surface area contributed by atoms with Crippen LogP contribution in [0.25, 0.3) is 0 Å². The van der Waals surface area contributed by atoms with Crippen molar-refractivity contribution in [3.63, 3.8) is 0 Å². The van der Waals surface area contributed by atoms with Gasteiger partial charge in [-0.15, -0.1) is 0 Å². The minimum atomic E-state index is -0.603. The fourth-order valence-corrected chi connectivity index (χ4v) is 1.72. The molecule has 21 heavy (non-hydrogen) atoms. The van der Waals surface area contributed by atoms with E-state index in [9.17, 15) is 9.59 Å². The van der Waals surface area contributed by atoms with Crippen molar-refractivity contribution in [3.05, 3.63) is 12.2 Å².